The number of hydrogen-bond acceptors (Lipinski definition) is 8. The monoisotopic (exact) mass is 395 g/mol. The van der Waals surface area contributed by atoms with Crippen molar-refractivity contribution in [3.63, 3.8) is 0 Å². The summed E-state index contributed by atoms with van der Waals surface area (Å²) in [7, 11) is -0.794. The zero-order valence-electron chi connectivity index (χ0n) is 14.3. The molecule has 8 nitrogen and oxygen atoms in total. The number of hydrogen-bond donors (Lipinski definition) is 1. The van der Waals surface area contributed by atoms with Gasteiger partial charge in [-0.3, -0.25) is 4.72 Å². The van der Waals surface area contributed by atoms with Crippen molar-refractivity contribution < 1.29 is 22.3 Å². The number of anilines is 1. The molecule has 2 aromatic heterocycles. The molecule has 1 aromatic carbocycles. The molecular weight excluding hydrogens is 378 g/mol. The molecule has 0 aliphatic carbocycles. The van der Waals surface area contributed by atoms with Crippen LogP contribution in [-0.4, -0.2) is 32.8 Å². The van der Waals surface area contributed by atoms with Gasteiger partial charge >= 0.3 is 0 Å². The first-order valence-electron chi connectivity index (χ1n) is 7.62. The lowest BCUT2D eigenvalue weighted by Gasteiger charge is -2.10. The lowest BCUT2D eigenvalue weighted by Crippen LogP contribution is -2.11. The molecule has 3 aromatic rings. The molecule has 10 heteroatoms. The second-order valence-electron chi connectivity index (χ2n) is 5.22. The van der Waals surface area contributed by atoms with Gasteiger partial charge in [-0.1, -0.05) is 6.92 Å². The average Bonchev–Trinajstić information content (AvgIpc) is 3.30. The zero-order valence-corrected chi connectivity index (χ0v) is 16.0. The quantitative estimate of drug-likeness (QED) is 0.655. The summed E-state index contributed by atoms with van der Waals surface area (Å²) in [5.41, 5.74) is 0.896. The molecule has 3 rings (SSSR count). The van der Waals surface area contributed by atoms with Gasteiger partial charge in [0, 0.05) is 30.0 Å². The van der Waals surface area contributed by atoms with E-state index in [2.05, 4.69) is 14.9 Å². The maximum absolute atomic E-state index is 12.7. The Morgan fingerprint density at radius 3 is 2.38 bits per heavy atom. The molecule has 0 atom stereocenters. The summed E-state index contributed by atoms with van der Waals surface area (Å²) in [4.78, 5) is 0. The van der Waals surface area contributed by atoms with Crippen LogP contribution in [0.1, 0.15) is 12.8 Å². The van der Waals surface area contributed by atoms with Gasteiger partial charge in [0.25, 0.3) is 10.0 Å². The van der Waals surface area contributed by atoms with E-state index in [1.807, 2.05) is 6.92 Å². The highest BCUT2D eigenvalue weighted by Crippen LogP contribution is 2.31. The van der Waals surface area contributed by atoms with Crippen LogP contribution in [0.2, 0.25) is 0 Å². The number of methoxy groups -OCH3 is 2. The van der Waals surface area contributed by atoms with Crippen LogP contribution >= 0.6 is 11.3 Å². The highest BCUT2D eigenvalue weighted by atomic mass is 32.2. The van der Waals surface area contributed by atoms with E-state index in [0.29, 0.717) is 41.0 Å². The van der Waals surface area contributed by atoms with Gasteiger partial charge in [-0.2, -0.15) is 0 Å². The SMILES string of the molecule is CCc1nnc(-c2csc(S(=O)(=O)Nc3cc(OC)cc(OC)c3)c2)o1. The molecule has 0 unspecified atom stereocenters. The highest BCUT2D eigenvalue weighted by molar-refractivity contribution is 7.94. The summed E-state index contributed by atoms with van der Waals surface area (Å²) in [5, 5.41) is 9.47. The molecular formula is C16H17N3O5S2. The van der Waals surface area contributed by atoms with Crippen LogP contribution in [0.15, 0.2) is 38.3 Å². The van der Waals surface area contributed by atoms with Crippen molar-refractivity contribution in [2.75, 3.05) is 18.9 Å². The minimum atomic E-state index is -3.78. The molecule has 0 amide bonds. The summed E-state index contributed by atoms with van der Waals surface area (Å²) in [6.07, 6.45) is 0.613. The number of nitrogens with zero attached hydrogens (tertiary/aromatic N) is 2. The number of benzene rings is 1. The standard InChI is InChI=1S/C16H17N3O5S2/c1-4-14-17-18-16(24-14)10-5-15(25-9-10)26(20,21)19-11-6-12(22-2)8-13(7-11)23-3/h5-9,19H,4H2,1-3H3. The van der Waals surface area contributed by atoms with E-state index in [0.717, 1.165) is 11.3 Å². The lowest BCUT2D eigenvalue weighted by molar-refractivity contribution is 0.395. The Hall–Kier alpha value is -2.59. The third-order valence-corrected chi connectivity index (χ3v) is 6.28. The molecule has 0 saturated heterocycles. The minimum Gasteiger partial charge on any atom is -0.497 e. The van der Waals surface area contributed by atoms with Crippen molar-refractivity contribution >= 4 is 27.0 Å². The lowest BCUT2D eigenvalue weighted by atomic mass is 10.3. The summed E-state index contributed by atoms with van der Waals surface area (Å²) in [5.74, 6) is 1.75. The van der Waals surface area contributed by atoms with Crippen molar-refractivity contribution in [2.24, 2.45) is 0 Å². The van der Waals surface area contributed by atoms with Crippen molar-refractivity contribution in [3.05, 3.63) is 35.5 Å². The van der Waals surface area contributed by atoms with Gasteiger partial charge in [0.1, 0.15) is 15.7 Å². The first kappa shape index (κ1) is 18.2. The molecule has 0 spiro atoms. The Balaban J connectivity index is 1.87. The summed E-state index contributed by atoms with van der Waals surface area (Å²) in [6, 6.07) is 6.29. The Morgan fingerprint density at radius 2 is 1.81 bits per heavy atom. The molecule has 0 aliphatic heterocycles. The first-order valence-corrected chi connectivity index (χ1v) is 9.98. The third kappa shape index (κ3) is 3.81. The topological polar surface area (TPSA) is 104 Å². The molecule has 0 aliphatic rings. The van der Waals surface area contributed by atoms with Crippen LogP contribution in [-0.2, 0) is 16.4 Å². The molecule has 0 bridgehead atoms. The zero-order chi connectivity index (χ0) is 18.7. The number of rotatable bonds is 7. The Morgan fingerprint density at radius 1 is 1.12 bits per heavy atom. The van der Waals surface area contributed by atoms with Crippen LogP contribution in [0.3, 0.4) is 0 Å². The second kappa shape index (κ2) is 7.34. The molecule has 1 N–H and O–H groups in total. The molecule has 138 valence electrons. The molecule has 0 radical (unpaired) electrons. The third-order valence-electron chi connectivity index (χ3n) is 3.46. The van der Waals surface area contributed by atoms with Crippen molar-refractivity contribution in [1.82, 2.24) is 10.2 Å². The van der Waals surface area contributed by atoms with Gasteiger partial charge in [-0.25, -0.2) is 8.42 Å². The Kier molecular flexibility index (Phi) is 5.14. The summed E-state index contributed by atoms with van der Waals surface area (Å²) >= 11 is 1.07. The van der Waals surface area contributed by atoms with Gasteiger partial charge in [0.05, 0.1) is 25.5 Å². The van der Waals surface area contributed by atoms with Gasteiger partial charge in [0.15, 0.2) is 0 Å². The number of thiophene rings is 1. The van der Waals surface area contributed by atoms with Crippen LogP contribution in [0.4, 0.5) is 5.69 Å². The van der Waals surface area contributed by atoms with Crippen molar-refractivity contribution in [3.8, 4) is 23.0 Å². The van der Waals surface area contributed by atoms with E-state index in [1.54, 1.807) is 23.6 Å². The van der Waals surface area contributed by atoms with Crippen LogP contribution < -0.4 is 14.2 Å². The van der Waals surface area contributed by atoms with E-state index in [-0.39, 0.29) is 4.21 Å². The predicted octanol–water partition coefficient (Wildman–Crippen LogP) is 3.18. The number of nitrogens with one attached hydrogen (secondary N) is 1. The molecule has 0 fully saturated rings. The summed E-state index contributed by atoms with van der Waals surface area (Å²) < 4.78 is 43.7. The second-order valence-corrected chi connectivity index (χ2v) is 8.04. The number of aromatic nitrogens is 2. The maximum atomic E-state index is 12.7. The number of ether oxygens (including phenoxy) is 2. The van der Waals surface area contributed by atoms with Crippen LogP contribution in [0.25, 0.3) is 11.5 Å². The maximum Gasteiger partial charge on any atom is 0.271 e. The van der Waals surface area contributed by atoms with Crippen LogP contribution in [0.5, 0.6) is 11.5 Å². The molecule has 2 heterocycles. The molecule has 26 heavy (non-hydrogen) atoms. The van der Waals surface area contributed by atoms with E-state index in [9.17, 15) is 8.42 Å². The first-order chi connectivity index (χ1) is 12.4. The largest absolute Gasteiger partial charge is 0.497 e. The number of sulfonamides is 1. The van der Waals surface area contributed by atoms with Gasteiger partial charge < -0.3 is 13.9 Å². The van der Waals surface area contributed by atoms with E-state index in [4.69, 9.17) is 13.9 Å². The Bertz CT molecular complexity index is 988. The van der Waals surface area contributed by atoms with E-state index in [1.165, 1.54) is 20.3 Å². The normalized spacial score (nSPS) is 11.3. The summed E-state index contributed by atoms with van der Waals surface area (Å²) in [6.45, 7) is 1.90. The Labute approximate surface area is 154 Å². The van der Waals surface area contributed by atoms with Crippen molar-refractivity contribution in [2.45, 2.75) is 17.6 Å². The fourth-order valence-electron chi connectivity index (χ4n) is 2.15. The smallest absolute Gasteiger partial charge is 0.271 e. The average molecular weight is 395 g/mol. The molecule has 0 saturated carbocycles. The van der Waals surface area contributed by atoms with E-state index >= 15 is 0 Å². The highest BCUT2D eigenvalue weighted by Gasteiger charge is 2.20. The van der Waals surface area contributed by atoms with Crippen molar-refractivity contribution in [1.29, 1.82) is 0 Å². The van der Waals surface area contributed by atoms with Gasteiger partial charge in [0.2, 0.25) is 11.8 Å². The van der Waals surface area contributed by atoms with Crippen LogP contribution in [0, 0.1) is 0 Å². The van der Waals surface area contributed by atoms with E-state index < -0.39 is 10.0 Å². The fourth-order valence-corrected chi connectivity index (χ4v) is 4.35. The number of aryl methyl sites for hydroxylation is 1. The van der Waals surface area contributed by atoms with Gasteiger partial charge in [-0.15, -0.1) is 21.5 Å². The predicted molar refractivity (Wildman–Crippen MR) is 97.3 cm³/mol. The fraction of sp³-hybridized carbons (Fsp3) is 0.250. The minimum absolute atomic E-state index is 0.130. The van der Waals surface area contributed by atoms with Gasteiger partial charge in [-0.05, 0) is 6.07 Å².